The van der Waals surface area contributed by atoms with E-state index in [1.165, 1.54) is 21.8 Å². The summed E-state index contributed by atoms with van der Waals surface area (Å²) in [7, 11) is 0. The summed E-state index contributed by atoms with van der Waals surface area (Å²) in [6.07, 6.45) is 6.14. The van der Waals surface area contributed by atoms with Crippen LogP contribution >= 0.6 is 0 Å². The molecule has 5 rings (SSSR count). The normalized spacial score (nSPS) is 18.6. The highest BCUT2D eigenvalue weighted by Crippen LogP contribution is 2.38. The first-order valence-electron chi connectivity index (χ1n) is 10.1. The largest absolute Gasteiger partial charge is 0.502 e. The van der Waals surface area contributed by atoms with Crippen LogP contribution in [0.5, 0.6) is 11.5 Å². The molecule has 2 aliphatic rings. The van der Waals surface area contributed by atoms with Crippen molar-refractivity contribution in [2.24, 2.45) is 0 Å². The molecule has 2 bridgehead atoms. The Balaban J connectivity index is 1.83. The molecule has 0 saturated heterocycles. The smallest absolute Gasteiger partial charge is 0.278 e. The lowest BCUT2D eigenvalue weighted by Crippen LogP contribution is -2.55. The van der Waals surface area contributed by atoms with Crippen molar-refractivity contribution < 1.29 is 23.4 Å². The number of hydrogen-bond donors (Lipinski definition) is 1. The third-order valence-corrected chi connectivity index (χ3v) is 5.59. The molecule has 0 saturated carbocycles. The number of aromatic hydroxyl groups is 1. The second-order valence-corrected chi connectivity index (χ2v) is 7.55. The van der Waals surface area contributed by atoms with Crippen LogP contribution in [-0.2, 0) is 0 Å². The predicted molar refractivity (Wildman–Crippen MR) is 114 cm³/mol. The monoisotopic (exact) mass is 452 g/mol. The fourth-order valence-corrected chi connectivity index (χ4v) is 4.05. The number of rotatable bonds is 1. The molecule has 0 unspecified atom stereocenters. The molecule has 3 aromatic rings. The molecule has 168 valence electrons. The lowest BCUT2D eigenvalue weighted by Gasteiger charge is -2.43. The predicted octanol–water partition coefficient (Wildman–Crippen LogP) is 2.32. The van der Waals surface area contributed by atoms with Crippen molar-refractivity contribution in [3.63, 3.8) is 0 Å². The van der Waals surface area contributed by atoms with Crippen LogP contribution < -0.4 is 15.2 Å². The first-order valence-corrected chi connectivity index (χ1v) is 10.1. The highest BCUT2D eigenvalue weighted by Gasteiger charge is 2.38. The van der Waals surface area contributed by atoms with E-state index in [2.05, 4.69) is 4.98 Å². The summed E-state index contributed by atoms with van der Waals surface area (Å²) >= 11 is 0. The van der Waals surface area contributed by atoms with Gasteiger partial charge in [-0.15, -0.1) is 0 Å². The maximum atomic E-state index is 14.9. The Morgan fingerprint density at radius 3 is 2.73 bits per heavy atom. The van der Waals surface area contributed by atoms with Crippen LogP contribution in [0.15, 0.2) is 65.7 Å². The maximum Gasteiger partial charge on any atom is 0.278 e. The van der Waals surface area contributed by atoms with Gasteiger partial charge in [0.2, 0.25) is 11.2 Å². The summed E-state index contributed by atoms with van der Waals surface area (Å²) in [5, 5.41) is 12.1. The molecule has 1 atom stereocenters. The van der Waals surface area contributed by atoms with Gasteiger partial charge in [0.05, 0.1) is 5.69 Å². The SMILES string of the molecule is O=C1c2c(O)c(=O)ccn2N2CN1C/C=C/COc1c(ccc(F)c1F)[C@@H]2c1ccccn1. The Kier molecular flexibility index (Phi) is 5.04. The first-order chi connectivity index (χ1) is 16.0. The van der Waals surface area contributed by atoms with Crippen LogP contribution in [0.2, 0.25) is 0 Å². The summed E-state index contributed by atoms with van der Waals surface area (Å²) in [6.45, 7) is 0.0991. The van der Waals surface area contributed by atoms with Crippen LogP contribution in [0.25, 0.3) is 0 Å². The first kappa shape index (κ1) is 20.7. The Labute approximate surface area is 186 Å². The van der Waals surface area contributed by atoms with E-state index in [9.17, 15) is 23.5 Å². The highest BCUT2D eigenvalue weighted by molar-refractivity contribution is 5.96. The lowest BCUT2D eigenvalue weighted by molar-refractivity contribution is 0.0701. The number of nitrogens with zero attached hydrogens (tertiary/aromatic N) is 4. The Morgan fingerprint density at radius 2 is 1.94 bits per heavy atom. The van der Waals surface area contributed by atoms with Gasteiger partial charge in [-0.1, -0.05) is 12.1 Å². The Hall–Kier alpha value is -4.21. The third-order valence-electron chi connectivity index (χ3n) is 5.59. The van der Waals surface area contributed by atoms with Gasteiger partial charge >= 0.3 is 0 Å². The van der Waals surface area contributed by atoms with Gasteiger partial charge in [0.1, 0.15) is 19.3 Å². The number of hydrogen-bond acceptors (Lipinski definition) is 6. The number of ether oxygens (including phenoxy) is 1. The summed E-state index contributed by atoms with van der Waals surface area (Å²) in [5.74, 6) is -3.74. The van der Waals surface area contributed by atoms with Crippen molar-refractivity contribution in [2.75, 3.05) is 24.8 Å². The molecule has 2 aliphatic heterocycles. The van der Waals surface area contributed by atoms with E-state index in [0.717, 1.165) is 12.1 Å². The standard InChI is InChI=1S/C23H18F2N4O4/c24-15-7-6-14-19(16-5-1-2-9-26-16)29-13-27(10-3-4-12-33-22(14)18(15)25)23(32)20-21(31)17(30)8-11-28(20)29/h1-9,11,19,31H,10,12-13H2/b4-3+/t19-/m1/s1. The minimum Gasteiger partial charge on any atom is -0.502 e. The zero-order valence-corrected chi connectivity index (χ0v) is 17.2. The van der Waals surface area contributed by atoms with E-state index >= 15 is 0 Å². The number of carbonyl (C=O) groups excluding carboxylic acids is 1. The van der Waals surface area contributed by atoms with Gasteiger partial charge in [-0.3, -0.25) is 24.3 Å². The van der Waals surface area contributed by atoms with Crippen molar-refractivity contribution >= 4 is 5.91 Å². The van der Waals surface area contributed by atoms with E-state index in [1.54, 1.807) is 41.6 Å². The van der Waals surface area contributed by atoms with Crippen molar-refractivity contribution in [1.29, 1.82) is 0 Å². The van der Waals surface area contributed by atoms with Crippen LogP contribution in [0.4, 0.5) is 8.78 Å². The molecule has 1 N–H and O–H groups in total. The molecule has 10 heteroatoms. The van der Waals surface area contributed by atoms with Gasteiger partial charge in [0.15, 0.2) is 23.0 Å². The summed E-state index contributed by atoms with van der Waals surface area (Å²) in [6, 6.07) is 7.83. The number of halogens is 2. The van der Waals surface area contributed by atoms with Crippen LogP contribution in [0, 0.1) is 11.6 Å². The molecular formula is C23H18F2N4O4. The minimum absolute atomic E-state index is 0.0121. The van der Waals surface area contributed by atoms with Crippen molar-refractivity contribution in [3.05, 3.63) is 99.8 Å². The molecule has 1 amide bonds. The van der Waals surface area contributed by atoms with E-state index in [0.29, 0.717) is 5.69 Å². The van der Waals surface area contributed by atoms with Gasteiger partial charge < -0.3 is 14.7 Å². The number of carbonyl (C=O) groups is 1. The van der Waals surface area contributed by atoms with Crippen molar-refractivity contribution in [1.82, 2.24) is 14.6 Å². The molecule has 0 fully saturated rings. The number of pyridine rings is 2. The quantitative estimate of drug-likeness (QED) is 0.571. The van der Waals surface area contributed by atoms with E-state index < -0.39 is 34.8 Å². The Bertz CT molecular complexity index is 1330. The fraction of sp³-hybridized carbons (Fsp3) is 0.174. The molecule has 1 aromatic carbocycles. The molecule has 33 heavy (non-hydrogen) atoms. The molecule has 0 radical (unpaired) electrons. The topological polar surface area (TPSA) is 87.9 Å². The van der Waals surface area contributed by atoms with Crippen LogP contribution in [0.1, 0.15) is 27.8 Å². The average Bonchev–Trinajstić information content (AvgIpc) is 2.85. The molecule has 0 aliphatic carbocycles. The van der Waals surface area contributed by atoms with Crippen LogP contribution in [-0.4, -0.2) is 45.4 Å². The van der Waals surface area contributed by atoms with E-state index in [4.69, 9.17) is 4.74 Å². The van der Waals surface area contributed by atoms with Crippen LogP contribution in [0.3, 0.4) is 0 Å². The zero-order chi connectivity index (χ0) is 23.1. The highest BCUT2D eigenvalue weighted by atomic mass is 19.2. The van der Waals surface area contributed by atoms with Gasteiger partial charge in [0, 0.05) is 30.6 Å². The maximum absolute atomic E-state index is 14.9. The molecule has 0 spiro atoms. The second kappa shape index (κ2) is 8.05. The molecule has 4 heterocycles. The second-order valence-electron chi connectivity index (χ2n) is 7.55. The van der Waals surface area contributed by atoms with Gasteiger partial charge in [-0.25, -0.2) is 4.39 Å². The number of fused-ring (bicyclic) bond motifs is 5. The Morgan fingerprint density at radius 1 is 1.09 bits per heavy atom. The van der Waals surface area contributed by atoms with E-state index in [1.807, 2.05) is 0 Å². The summed E-state index contributed by atoms with van der Waals surface area (Å²) in [4.78, 5) is 31.1. The molecular weight excluding hydrogens is 434 g/mol. The number of amides is 1. The van der Waals surface area contributed by atoms with Gasteiger partial charge in [-0.2, -0.15) is 4.39 Å². The van der Waals surface area contributed by atoms with Crippen molar-refractivity contribution in [2.45, 2.75) is 6.04 Å². The van der Waals surface area contributed by atoms with Crippen molar-refractivity contribution in [3.8, 4) is 11.5 Å². The lowest BCUT2D eigenvalue weighted by atomic mass is 10.00. The van der Waals surface area contributed by atoms with Gasteiger partial charge in [0.25, 0.3) is 5.91 Å². The molecule has 8 nitrogen and oxygen atoms in total. The average molecular weight is 452 g/mol. The minimum atomic E-state index is -1.14. The van der Waals surface area contributed by atoms with E-state index in [-0.39, 0.29) is 36.8 Å². The number of aromatic nitrogens is 2. The molecule has 2 aromatic heterocycles. The number of benzene rings is 1. The summed E-state index contributed by atoms with van der Waals surface area (Å²) in [5.41, 5.74) is -0.213. The fourth-order valence-electron chi connectivity index (χ4n) is 4.05. The zero-order valence-electron chi connectivity index (χ0n) is 17.2. The van der Waals surface area contributed by atoms with Gasteiger partial charge in [-0.05, 0) is 30.3 Å². The third kappa shape index (κ3) is 3.39. The summed E-state index contributed by atoms with van der Waals surface area (Å²) < 4.78 is 36.0.